The summed E-state index contributed by atoms with van der Waals surface area (Å²) in [5.41, 5.74) is 3.73. The Hall–Kier alpha value is -2.77. The Balaban J connectivity index is 1.71. The first kappa shape index (κ1) is 16.7. The van der Waals surface area contributed by atoms with E-state index in [1.54, 1.807) is 4.90 Å². The van der Waals surface area contributed by atoms with Gasteiger partial charge in [-0.25, -0.2) is 4.98 Å². The molecule has 1 aliphatic heterocycles. The van der Waals surface area contributed by atoms with Gasteiger partial charge in [0, 0.05) is 29.6 Å². The van der Waals surface area contributed by atoms with Crippen molar-refractivity contribution in [1.82, 2.24) is 9.55 Å². The van der Waals surface area contributed by atoms with E-state index in [-0.39, 0.29) is 11.8 Å². The molecule has 0 saturated carbocycles. The summed E-state index contributed by atoms with van der Waals surface area (Å²) in [6.45, 7) is 2.96. The van der Waals surface area contributed by atoms with Crippen LogP contribution in [0.1, 0.15) is 23.7 Å². The second kappa shape index (κ2) is 6.51. The summed E-state index contributed by atoms with van der Waals surface area (Å²) in [5.74, 6) is 3.66. The Bertz CT molecular complexity index is 1050. The average molecular weight is 364 g/mol. The molecule has 2 aromatic carbocycles. The van der Waals surface area contributed by atoms with E-state index in [4.69, 9.17) is 23.0 Å². The van der Waals surface area contributed by atoms with Gasteiger partial charge in [0.2, 0.25) is 5.91 Å². The van der Waals surface area contributed by atoms with Crippen molar-refractivity contribution in [2.24, 2.45) is 0 Å². The van der Waals surface area contributed by atoms with Crippen LogP contribution in [0.2, 0.25) is 5.02 Å². The fourth-order valence-corrected chi connectivity index (χ4v) is 3.72. The van der Waals surface area contributed by atoms with Crippen LogP contribution in [0.25, 0.3) is 11.0 Å². The van der Waals surface area contributed by atoms with Gasteiger partial charge in [-0.1, -0.05) is 35.7 Å². The standard InChI is InChI=1S/C21H18ClN3O/c1-3-10-24-19-7-5-4-6-18(19)23-21(24)15-11-20(26)25(13-15)16-9-8-14(2)17(22)12-16/h1,4-9,12,15H,10-11,13H2,2H3/t15-/m0/s1. The lowest BCUT2D eigenvalue weighted by molar-refractivity contribution is -0.117. The highest BCUT2D eigenvalue weighted by molar-refractivity contribution is 6.31. The van der Waals surface area contributed by atoms with Crippen molar-refractivity contribution in [3.8, 4) is 12.3 Å². The zero-order valence-electron chi connectivity index (χ0n) is 14.4. The number of hydrogen-bond acceptors (Lipinski definition) is 2. The molecule has 1 fully saturated rings. The predicted octanol–water partition coefficient (Wildman–Crippen LogP) is 4.15. The molecule has 1 amide bonds. The van der Waals surface area contributed by atoms with Crippen LogP contribution in [0.4, 0.5) is 5.69 Å². The van der Waals surface area contributed by atoms with Crippen LogP contribution in [-0.4, -0.2) is 22.0 Å². The Morgan fingerprint density at radius 2 is 2.12 bits per heavy atom. The molecule has 26 heavy (non-hydrogen) atoms. The number of imidazole rings is 1. The molecule has 3 aromatic rings. The summed E-state index contributed by atoms with van der Waals surface area (Å²) >= 11 is 6.24. The molecule has 4 nitrogen and oxygen atoms in total. The largest absolute Gasteiger partial charge is 0.316 e. The van der Waals surface area contributed by atoms with Gasteiger partial charge in [0.05, 0.1) is 17.6 Å². The average Bonchev–Trinajstić information content (AvgIpc) is 3.19. The zero-order valence-corrected chi connectivity index (χ0v) is 15.2. The maximum atomic E-state index is 12.6. The molecule has 1 aliphatic rings. The monoisotopic (exact) mass is 363 g/mol. The van der Waals surface area contributed by atoms with E-state index in [2.05, 4.69) is 5.92 Å². The predicted molar refractivity (Wildman–Crippen MR) is 104 cm³/mol. The maximum Gasteiger partial charge on any atom is 0.227 e. The fourth-order valence-electron chi connectivity index (χ4n) is 3.54. The Morgan fingerprint density at radius 3 is 2.88 bits per heavy atom. The summed E-state index contributed by atoms with van der Waals surface area (Å²) in [6, 6.07) is 13.6. The molecule has 0 unspecified atom stereocenters. The number of aryl methyl sites for hydroxylation is 1. The summed E-state index contributed by atoms with van der Waals surface area (Å²) in [7, 11) is 0. The van der Waals surface area contributed by atoms with Gasteiger partial charge >= 0.3 is 0 Å². The minimum atomic E-state index is 0.00308. The third-order valence-electron chi connectivity index (χ3n) is 4.89. The smallest absolute Gasteiger partial charge is 0.227 e. The summed E-state index contributed by atoms with van der Waals surface area (Å²) in [6.07, 6.45) is 5.98. The van der Waals surface area contributed by atoms with Crippen LogP contribution in [-0.2, 0) is 11.3 Å². The number of aromatic nitrogens is 2. The highest BCUT2D eigenvalue weighted by atomic mass is 35.5. The van der Waals surface area contributed by atoms with Gasteiger partial charge in [0.1, 0.15) is 5.82 Å². The molecule has 1 saturated heterocycles. The summed E-state index contributed by atoms with van der Waals surface area (Å²) in [5, 5.41) is 0.665. The number of rotatable bonds is 3. The first-order valence-electron chi connectivity index (χ1n) is 8.53. The van der Waals surface area contributed by atoms with E-state index in [0.717, 1.165) is 28.1 Å². The van der Waals surface area contributed by atoms with Crippen molar-refractivity contribution >= 4 is 34.2 Å². The number of carbonyl (C=O) groups is 1. The highest BCUT2D eigenvalue weighted by Crippen LogP contribution is 2.34. The number of halogens is 1. The Labute approximate surface area is 157 Å². The SMILES string of the molecule is C#CCn1c([C@H]2CC(=O)N(c3ccc(C)c(Cl)c3)C2)nc2ccccc21. The number of terminal acetylenes is 1. The van der Waals surface area contributed by atoms with E-state index >= 15 is 0 Å². The van der Waals surface area contributed by atoms with Gasteiger partial charge in [-0.15, -0.1) is 6.42 Å². The van der Waals surface area contributed by atoms with Gasteiger partial charge in [0.15, 0.2) is 0 Å². The maximum absolute atomic E-state index is 12.6. The Kier molecular flexibility index (Phi) is 4.18. The molecule has 0 aliphatic carbocycles. The molecule has 0 bridgehead atoms. The highest BCUT2D eigenvalue weighted by Gasteiger charge is 2.34. The number of hydrogen-bond donors (Lipinski definition) is 0. The molecular weight excluding hydrogens is 346 g/mol. The minimum absolute atomic E-state index is 0.00308. The normalized spacial score (nSPS) is 17.0. The van der Waals surface area contributed by atoms with Gasteiger partial charge in [-0.2, -0.15) is 0 Å². The molecule has 0 N–H and O–H groups in total. The van der Waals surface area contributed by atoms with Crippen LogP contribution < -0.4 is 4.90 Å². The Morgan fingerprint density at radius 1 is 1.31 bits per heavy atom. The number of benzene rings is 2. The third kappa shape index (κ3) is 2.75. The summed E-state index contributed by atoms with van der Waals surface area (Å²) < 4.78 is 2.04. The van der Waals surface area contributed by atoms with Gasteiger partial charge < -0.3 is 9.47 Å². The molecule has 2 heterocycles. The second-order valence-corrected chi connectivity index (χ2v) is 7.00. The molecule has 4 rings (SSSR count). The molecule has 130 valence electrons. The quantitative estimate of drug-likeness (QED) is 0.655. The fraction of sp³-hybridized carbons (Fsp3) is 0.238. The van der Waals surface area contributed by atoms with E-state index in [9.17, 15) is 4.79 Å². The molecule has 1 atom stereocenters. The lowest BCUT2D eigenvalue weighted by Gasteiger charge is -2.18. The molecule has 1 aromatic heterocycles. The number of carbonyl (C=O) groups excluding carboxylic acids is 1. The number of amides is 1. The minimum Gasteiger partial charge on any atom is -0.316 e. The molecular formula is C21H18ClN3O. The second-order valence-electron chi connectivity index (χ2n) is 6.59. The first-order valence-corrected chi connectivity index (χ1v) is 8.91. The van der Waals surface area contributed by atoms with Crippen LogP contribution in [0.15, 0.2) is 42.5 Å². The lowest BCUT2D eigenvalue weighted by Crippen LogP contribution is -2.24. The molecule has 0 spiro atoms. The molecule has 0 radical (unpaired) electrons. The van der Waals surface area contributed by atoms with E-state index in [1.165, 1.54) is 0 Å². The number of anilines is 1. The van der Waals surface area contributed by atoms with E-state index in [1.807, 2.05) is 54.0 Å². The van der Waals surface area contributed by atoms with Crippen LogP contribution in [0, 0.1) is 19.3 Å². The van der Waals surface area contributed by atoms with Crippen molar-refractivity contribution in [3.63, 3.8) is 0 Å². The number of para-hydroxylation sites is 2. The van der Waals surface area contributed by atoms with E-state index < -0.39 is 0 Å². The topological polar surface area (TPSA) is 38.1 Å². The van der Waals surface area contributed by atoms with Crippen molar-refractivity contribution in [1.29, 1.82) is 0 Å². The molecule has 5 heteroatoms. The third-order valence-corrected chi connectivity index (χ3v) is 5.30. The van der Waals surface area contributed by atoms with Crippen LogP contribution >= 0.6 is 11.6 Å². The van der Waals surface area contributed by atoms with Gasteiger partial charge in [-0.3, -0.25) is 4.79 Å². The number of nitrogens with zero attached hydrogens (tertiary/aromatic N) is 3. The first-order chi connectivity index (χ1) is 12.6. The lowest BCUT2D eigenvalue weighted by atomic mass is 10.1. The van der Waals surface area contributed by atoms with Crippen molar-refractivity contribution in [2.75, 3.05) is 11.4 Å². The number of fused-ring (bicyclic) bond motifs is 1. The van der Waals surface area contributed by atoms with E-state index in [0.29, 0.717) is 24.5 Å². The van der Waals surface area contributed by atoms with Crippen LogP contribution in [0.3, 0.4) is 0 Å². The van der Waals surface area contributed by atoms with Crippen molar-refractivity contribution in [3.05, 3.63) is 58.9 Å². The van der Waals surface area contributed by atoms with Crippen molar-refractivity contribution < 1.29 is 4.79 Å². The summed E-state index contributed by atoms with van der Waals surface area (Å²) in [4.78, 5) is 19.2. The van der Waals surface area contributed by atoms with Gasteiger partial charge in [-0.05, 0) is 36.8 Å². The van der Waals surface area contributed by atoms with Crippen molar-refractivity contribution in [2.45, 2.75) is 25.8 Å². The van der Waals surface area contributed by atoms with Gasteiger partial charge in [0.25, 0.3) is 0 Å². The van der Waals surface area contributed by atoms with Crippen LogP contribution in [0.5, 0.6) is 0 Å². The zero-order chi connectivity index (χ0) is 18.3.